The lowest BCUT2D eigenvalue weighted by molar-refractivity contribution is 0.0682. The molecule has 0 aliphatic heterocycles. The predicted octanol–water partition coefficient (Wildman–Crippen LogP) is 1.07. The lowest BCUT2D eigenvalue weighted by Gasteiger charge is -2.01. The molecule has 15 heavy (non-hydrogen) atoms. The Hall–Kier alpha value is -1.95. The number of carbonyl (C=O) groups is 1. The molecule has 0 atom stereocenters. The number of fused-ring (bicyclic) bond motifs is 1. The molecule has 0 aliphatic carbocycles. The highest BCUT2D eigenvalue weighted by atomic mass is 16.5. The molecule has 2 aromatic heterocycles. The van der Waals surface area contributed by atoms with Gasteiger partial charge in [-0.1, -0.05) is 0 Å². The summed E-state index contributed by atoms with van der Waals surface area (Å²) in [5.41, 5.74) is 0.767. The van der Waals surface area contributed by atoms with Crippen LogP contribution < -0.4 is 0 Å². The standard InChI is InChI=1S/C9H8N2O4/c1-14-4-6-5-2-3-15-8(5)11-7(10-6)9(12)13/h2-3H,4H2,1H3,(H,12,13). The average Bonchev–Trinajstić information content (AvgIpc) is 2.65. The molecule has 0 saturated carbocycles. The van der Waals surface area contributed by atoms with Crippen LogP contribution in [-0.2, 0) is 11.3 Å². The number of nitrogens with zero attached hydrogens (tertiary/aromatic N) is 2. The van der Waals surface area contributed by atoms with Crippen LogP contribution in [0.3, 0.4) is 0 Å². The minimum Gasteiger partial charge on any atom is -0.475 e. The Bertz CT molecular complexity index is 506. The fraction of sp³-hybridized carbons (Fsp3) is 0.222. The average molecular weight is 208 g/mol. The van der Waals surface area contributed by atoms with E-state index in [1.54, 1.807) is 6.07 Å². The van der Waals surface area contributed by atoms with Crippen molar-refractivity contribution in [2.45, 2.75) is 6.61 Å². The second-order valence-corrected chi connectivity index (χ2v) is 2.87. The van der Waals surface area contributed by atoms with Gasteiger partial charge in [0.25, 0.3) is 0 Å². The van der Waals surface area contributed by atoms with E-state index in [1.807, 2.05) is 0 Å². The van der Waals surface area contributed by atoms with E-state index in [0.29, 0.717) is 11.1 Å². The van der Waals surface area contributed by atoms with Gasteiger partial charge in [-0.3, -0.25) is 0 Å². The van der Waals surface area contributed by atoms with Crippen molar-refractivity contribution >= 4 is 17.1 Å². The van der Waals surface area contributed by atoms with Gasteiger partial charge in [0.2, 0.25) is 11.5 Å². The molecule has 6 heteroatoms. The molecule has 0 unspecified atom stereocenters. The molecule has 0 fully saturated rings. The third-order valence-electron chi connectivity index (χ3n) is 1.88. The molecule has 2 heterocycles. The predicted molar refractivity (Wildman–Crippen MR) is 49.5 cm³/mol. The topological polar surface area (TPSA) is 85.5 Å². The van der Waals surface area contributed by atoms with E-state index in [-0.39, 0.29) is 18.1 Å². The zero-order valence-electron chi connectivity index (χ0n) is 7.93. The molecule has 78 valence electrons. The van der Waals surface area contributed by atoms with Gasteiger partial charge in [0.05, 0.1) is 24.0 Å². The van der Waals surface area contributed by atoms with Crippen molar-refractivity contribution in [2.24, 2.45) is 0 Å². The van der Waals surface area contributed by atoms with E-state index >= 15 is 0 Å². The Morgan fingerprint density at radius 2 is 2.40 bits per heavy atom. The Kier molecular flexibility index (Phi) is 2.34. The highest BCUT2D eigenvalue weighted by Crippen LogP contribution is 2.17. The smallest absolute Gasteiger partial charge is 0.374 e. The van der Waals surface area contributed by atoms with E-state index in [4.69, 9.17) is 14.3 Å². The molecule has 0 aromatic carbocycles. The zero-order chi connectivity index (χ0) is 10.8. The number of aromatic carboxylic acids is 1. The maximum atomic E-state index is 10.7. The summed E-state index contributed by atoms with van der Waals surface area (Å²) in [5.74, 6) is -1.48. The van der Waals surface area contributed by atoms with E-state index in [2.05, 4.69) is 9.97 Å². The lowest BCUT2D eigenvalue weighted by atomic mass is 10.3. The van der Waals surface area contributed by atoms with E-state index in [1.165, 1.54) is 13.4 Å². The van der Waals surface area contributed by atoms with Gasteiger partial charge >= 0.3 is 5.97 Å². The molecule has 0 spiro atoms. The number of methoxy groups -OCH3 is 1. The Morgan fingerprint density at radius 3 is 3.07 bits per heavy atom. The first kappa shape index (κ1) is 9.60. The third kappa shape index (κ3) is 1.66. The number of furan rings is 1. The molecule has 0 amide bonds. The number of hydrogen-bond acceptors (Lipinski definition) is 5. The summed E-state index contributed by atoms with van der Waals surface area (Å²) in [6, 6.07) is 1.68. The van der Waals surface area contributed by atoms with Crippen molar-refractivity contribution in [3.05, 3.63) is 23.8 Å². The largest absolute Gasteiger partial charge is 0.475 e. The maximum absolute atomic E-state index is 10.7. The minimum atomic E-state index is -1.19. The van der Waals surface area contributed by atoms with Crippen LogP contribution in [0.4, 0.5) is 0 Å². The van der Waals surface area contributed by atoms with Gasteiger partial charge in [-0.15, -0.1) is 0 Å². The van der Waals surface area contributed by atoms with Crippen molar-refractivity contribution in [3.63, 3.8) is 0 Å². The highest BCUT2D eigenvalue weighted by molar-refractivity contribution is 5.86. The highest BCUT2D eigenvalue weighted by Gasteiger charge is 2.14. The number of carboxylic acids is 1. The zero-order valence-corrected chi connectivity index (χ0v) is 7.93. The first-order chi connectivity index (χ1) is 7.22. The monoisotopic (exact) mass is 208 g/mol. The summed E-state index contributed by atoms with van der Waals surface area (Å²) in [4.78, 5) is 18.3. The lowest BCUT2D eigenvalue weighted by Crippen LogP contribution is -2.07. The maximum Gasteiger partial charge on any atom is 0.374 e. The Labute approximate surface area is 84.5 Å². The normalized spacial score (nSPS) is 10.7. The molecular formula is C9H8N2O4. The van der Waals surface area contributed by atoms with Crippen LogP contribution >= 0.6 is 0 Å². The molecule has 1 N–H and O–H groups in total. The third-order valence-corrected chi connectivity index (χ3v) is 1.88. The quantitative estimate of drug-likeness (QED) is 0.811. The van der Waals surface area contributed by atoms with Crippen molar-refractivity contribution in [2.75, 3.05) is 7.11 Å². The summed E-state index contributed by atoms with van der Waals surface area (Å²) < 4.78 is 9.94. The Balaban J connectivity index is 2.63. The molecule has 2 aromatic rings. The van der Waals surface area contributed by atoms with Crippen LogP contribution in [0.5, 0.6) is 0 Å². The van der Waals surface area contributed by atoms with Crippen LogP contribution in [-0.4, -0.2) is 28.2 Å². The van der Waals surface area contributed by atoms with Crippen molar-refractivity contribution < 1.29 is 19.1 Å². The summed E-state index contributed by atoms with van der Waals surface area (Å²) in [6.45, 7) is 0.221. The van der Waals surface area contributed by atoms with Crippen LogP contribution in [0.15, 0.2) is 16.7 Å². The molecule has 0 radical (unpaired) electrons. The van der Waals surface area contributed by atoms with Crippen LogP contribution in [0, 0.1) is 0 Å². The molecule has 2 rings (SSSR count). The van der Waals surface area contributed by atoms with Gasteiger partial charge in [-0.05, 0) is 6.07 Å². The minimum absolute atomic E-state index is 0.221. The van der Waals surface area contributed by atoms with Gasteiger partial charge in [0.1, 0.15) is 0 Å². The number of aromatic nitrogens is 2. The second-order valence-electron chi connectivity index (χ2n) is 2.87. The fourth-order valence-electron chi connectivity index (χ4n) is 1.26. The van der Waals surface area contributed by atoms with Crippen molar-refractivity contribution in [1.82, 2.24) is 9.97 Å². The molecular weight excluding hydrogens is 200 g/mol. The molecule has 0 aliphatic rings. The van der Waals surface area contributed by atoms with E-state index in [0.717, 1.165) is 0 Å². The SMILES string of the molecule is COCc1nc(C(=O)O)nc2occc12. The summed E-state index contributed by atoms with van der Waals surface area (Å²) in [6.07, 6.45) is 1.43. The molecule has 6 nitrogen and oxygen atoms in total. The first-order valence-electron chi connectivity index (χ1n) is 4.18. The van der Waals surface area contributed by atoms with Gasteiger partial charge in [0, 0.05) is 7.11 Å². The molecule has 0 bridgehead atoms. The summed E-state index contributed by atoms with van der Waals surface area (Å²) in [7, 11) is 1.51. The van der Waals surface area contributed by atoms with Gasteiger partial charge in [-0.2, -0.15) is 4.98 Å². The van der Waals surface area contributed by atoms with Crippen molar-refractivity contribution in [3.8, 4) is 0 Å². The second kappa shape index (κ2) is 3.66. The first-order valence-corrected chi connectivity index (χ1v) is 4.18. The number of ether oxygens (including phenoxy) is 1. The van der Waals surface area contributed by atoms with E-state index < -0.39 is 5.97 Å². The number of hydrogen-bond donors (Lipinski definition) is 1. The fourth-order valence-corrected chi connectivity index (χ4v) is 1.26. The number of rotatable bonds is 3. The van der Waals surface area contributed by atoms with Crippen LogP contribution in [0.2, 0.25) is 0 Å². The van der Waals surface area contributed by atoms with Crippen molar-refractivity contribution in [1.29, 1.82) is 0 Å². The Morgan fingerprint density at radius 1 is 1.60 bits per heavy atom. The number of carboxylic acid groups (broad SMARTS) is 1. The molecule has 0 saturated heterocycles. The van der Waals surface area contributed by atoms with Gasteiger partial charge in [-0.25, -0.2) is 9.78 Å². The summed E-state index contributed by atoms with van der Waals surface area (Å²) >= 11 is 0. The van der Waals surface area contributed by atoms with E-state index in [9.17, 15) is 4.79 Å². The van der Waals surface area contributed by atoms with Crippen LogP contribution in [0.1, 0.15) is 16.3 Å². The van der Waals surface area contributed by atoms with Gasteiger partial charge in [0.15, 0.2) is 0 Å². The van der Waals surface area contributed by atoms with Gasteiger partial charge < -0.3 is 14.3 Å². The summed E-state index contributed by atoms with van der Waals surface area (Å²) in [5, 5.41) is 9.44. The van der Waals surface area contributed by atoms with Crippen LogP contribution in [0.25, 0.3) is 11.1 Å².